The molecule has 0 aliphatic heterocycles. The number of rotatable bonds is 4. The molecule has 0 radical (unpaired) electrons. The number of carbonyl (C=O) groups excluding carboxylic acids is 1. The Kier molecular flexibility index (Phi) is 5.72. The zero-order valence-corrected chi connectivity index (χ0v) is 15.7. The fourth-order valence-electron chi connectivity index (χ4n) is 1.70. The van der Waals surface area contributed by atoms with Crippen molar-refractivity contribution in [2.24, 2.45) is 0 Å². The summed E-state index contributed by atoms with van der Waals surface area (Å²) in [6.07, 6.45) is 2.05. The molecule has 1 atom stereocenters. The first-order chi connectivity index (χ1) is 9.51. The Morgan fingerprint density at radius 3 is 2.45 bits per heavy atom. The van der Waals surface area contributed by atoms with Gasteiger partial charge in [0.05, 0.1) is 14.7 Å². The maximum absolute atomic E-state index is 12.2. The number of thioether (sulfide) groups is 1. The highest BCUT2D eigenvalue weighted by Gasteiger charge is 2.15. The van der Waals surface area contributed by atoms with Gasteiger partial charge >= 0.3 is 0 Å². The smallest absolute Gasteiger partial charge is 0.261 e. The Labute approximate surface area is 143 Å². The lowest BCUT2D eigenvalue weighted by Gasteiger charge is -2.14. The van der Waals surface area contributed by atoms with Crippen molar-refractivity contribution < 1.29 is 4.79 Å². The number of amides is 1. The number of nitrogens with one attached hydrogen (secondary N) is 1. The molecule has 1 amide bonds. The van der Waals surface area contributed by atoms with Crippen molar-refractivity contribution in [1.82, 2.24) is 5.32 Å². The molecule has 0 bridgehead atoms. The SMILES string of the molecule is CSc1ccc(C(C)NC(=O)c2cc(Br)c(Br)s2)cc1. The van der Waals surface area contributed by atoms with Crippen LogP contribution in [-0.2, 0) is 0 Å². The molecule has 6 heteroatoms. The van der Waals surface area contributed by atoms with Crippen molar-refractivity contribution in [3.05, 3.63) is 49.0 Å². The lowest BCUT2D eigenvalue weighted by Crippen LogP contribution is -2.25. The van der Waals surface area contributed by atoms with E-state index < -0.39 is 0 Å². The van der Waals surface area contributed by atoms with Crippen molar-refractivity contribution in [2.45, 2.75) is 17.9 Å². The van der Waals surface area contributed by atoms with Crippen molar-refractivity contribution in [1.29, 1.82) is 0 Å². The van der Waals surface area contributed by atoms with Crippen LogP contribution in [0, 0.1) is 0 Å². The van der Waals surface area contributed by atoms with Crippen molar-refractivity contribution in [3.8, 4) is 0 Å². The van der Waals surface area contributed by atoms with E-state index in [1.165, 1.54) is 16.2 Å². The molecule has 20 heavy (non-hydrogen) atoms. The Morgan fingerprint density at radius 1 is 1.30 bits per heavy atom. The average Bonchev–Trinajstić information content (AvgIpc) is 2.79. The van der Waals surface area contributed by atoms with E-state index in [4.69, 9.17) is 0 Å². The van der Waals surface area contributed by atoms with Crippen LogP contribution in [0.4, 0.5) is 0 Å². The molecule has 0 saturated heterocycles. The summed E-state index contributed by atoms with van der Waals surface area (Å²) >= 11 is 9.92. The first-order valence-electron chi connectivity index (χ1n) is 5.91. The molecular formula is C14H13Br2NOS2. The van der Waals surface area contributed by atoms with Gasteiger partial charge in [0.15, 0.2) is 0 Å². The van der Waals surface area contributed by atoms with Crippen LogP contribution >= 0.6 is 55.0 Å². The molecule has 0 aliphatic rings. The summed E-state index contributed by atoms with van der Waals surface area (Å²) in [4.78, 5) is 14.1. The van der Waals surface area contributed by atoms with Crippen LogP contribution in [0.3, 0.4) is 0 Å². The van der Waals surface area contributed by atoms with E-state index in [0.29, 0.717) is 4.88 Å². The van der Waals surface area contributed by atoms with Crippen LogP contribution in [-0.4, -0.2) is 12.2 Å². The van der Waals surface area contributed by atoms with E-state index in [2.05, 4.69) is 61.4 Å². The second kappa shape index (κ2) is 7.11. The maximum Gasteiger partial charge on any atom is 0.261 e. The highest BCUT2D eigenvalue weighted by molar-refractivity contribution is 9.13. The molecule has 1 unspecified atom stereocenters. The number of hydrogen-bond donors (Lipinski definition) is 1. The van der Waals surface area contributed by atoms with Gasteiger partial charge in [-0.1, -0.05) is 12.1 Å². The number of thiophene rings is 1. The van der Waals surface area contributed by atoms with Crippen LogP contribution in [0.25, 0.3) is 0 Å². The van der Waals surface area contributed by atoms with Gasteiger partial charge < -0.3 is 5.32 Å². The van der Waals surface area contributed by atoms with Gasteiger partial charge in [0.25, 0.3) is 5.91 Å². The van der Waals surface area contributed by atoms with Gasteiger partial charge in [0, 0.05) is 9.37 Å². The Bertz CT molecular complexity index is 591. The Morgan fingerprint density at radius 2 is 1.95 bits per heavy atom. The predicted molar refractivity (Wildman–Crippen MR) is 93.8 cm³/mol. The fourth-order valence-corrected chi connectivity index (χ4v) is 4.05. The van der Waals surface area contributed by atoms with Gasteiger partial charge in [-0.3, -0.25) is 4.79 Å². The van der Waals surface area contributed by atoms with E-state index in [9.17, 15) is 4.79 Å². The molecule has 106 valence electrons. The molecule has 1 N–H and O–H groups in total. The quantitative estimate of drug-likeness (QED) is 0.644. The topological polar surface area (TPSA) is 29.1 Å². The summed E-state index contributed by atoms with van der Waals surface area (Å²) in [5.74, 6) is -0.0529. The second-order valence-electron chi connectivity index (χ2n) is 4.20. The first-order valence-corrected chi connectivity index (χ1v) is 9.53. The third-order valence-electron chi connectivity index (χ3n) is 2.83. The number of benzene rings is 1. The molecule has 0 spiro atoms. The molecule has 0 aliphatic carbocycles. The second-order valence-corrected chi connectivity index (χ2v) is 8.30. The summed E-state index contributed by atoms with van der Waals surface area (Å²) < 4.78 is 1.84. The Balaban J connectivity index is 2.06. The fraction of sp³-hybridized carbons (Fsp3) is 0.214. The maximum atomic E-state index is 12.2. The minimum absolute atomic E-state index is 0.0157. The Hall–Kier alpha value is -0.300. The summed E-state index contributed by atoms with van der Waals surface area (Å²) in [6, 6.07) is 10.1. The van der Waals surface area contributed by atoms with E-state index >= 15 is 0 Å². The van der Waals surface area contributed by atoms with Gasteiger partial charge in [-0.2, -0.15) is 0 Å². The van der Waals surface area contributed by atoms with E-state index in [-0.39, 0.29) is 11.9 Å². The van der Waals surface area contributed by atoms with Crippen LogP contribution in [0.15, 0.2) is 43.5 Å². The number of carbonyl (C=O) groups is 1. The van der Waals surface area contributed by atoms with Crippen LogP contribution in [0.2, 0.25) is 0 Å². The largest absolute Gasteiger partial charge is 0.345 e. The molecule has 2 nitrogen and oxygen atoms in total. The van der Waals surface area contributed by atoms with Crippen molar-refractivity contribution in [2.75, 3.05) is 6.26 Å². The van der Waals surface area contributed by atoms with E-state index in [0.717, 1.165) is 13.8 Å². The van der Waals surface area contributed by atoms with E-state index in [1.54, 1.807) is 11.8 Å². The van der Waals surface area contributed by atoms with E-state index in [1.807, 2.05) is 19.2 Å². The summed E-state index contributed by atoms with van der Waals surface area (Å²) in [5.41, 5.74) is 1.10. The highest BCUT2D eigenvalue weighted by Crippen LogP contribution is 2.32. The lowest BCUT2D eigenvalue weighted by atomic mass is 10.1. The van der Waals surface area contributed by atoms with Crippen molar-refractivity contribution in [3.63, 3.8) is 0 Å². The van der Waals surface area contributed by atoms with Gasteiger partial charge in [-0.15, -0.1) is 23.1 Å². The zero-order valence-electron chi connectivity index (χ0n) is 10.9. The van der Waals surface area contributed by atoms with Gasteiger partial charge in [-0.25, -0.2) is 0 Å². The third kappa shape index (κ3) is 3.87. The normalized spacial score (nSPS) is 12.2. The van der Waals surface area contributed by atoms with Gasteiger partial charge in [0.1, 0.15) is 0 Å². The molecule has 1 heterocycles. The molecular weight excluding hydrogens is 422 g/mol. The molecule has 0 saturated carbocycles. The van der Waals surface area contributed by atoms with Gasteiger partial charge in [0.2, 0.25) is 0 Å². The van der Waals surface area contributed by atoms with Crippen LogP contribution in [0.1, 0.15) is 28.2 Å². The van der Waals surface area contributed by atoms with Crippen LogP contribution < -0.4 is 5.32 Å². The summed E-state index contributed by atoms with van der Waals surface area (Å²) in [5, 5.41) is 3.01. The molecule has 1 aromatic carbocycles. The minimum Gasteiger partial charge on any atom is -0.345 e. The third-order valence-corrected chi connectivity index (χ3v) is 6.83. The molecule has 2 rings (SSSR count). The van der Waals surface area contributed by atoms with Crippen molar-refractivity contribution >= 4 is 60.9 Å². The average molecular weight is 435 g/mol. The number of hydrogen-bond acceptors (Lipinski definition) is 3. The summed E-state index contributed by atoms with van der Waals surface area (Å²) in [6.45, 7) is 1.99. The molecule has 1 aromatic heterocycles. The first kappa shape index (κ1) is 16.1. The standard InChI is InChI=1S/C14H13Br2NOS2/c1-8(9-3-5-10(19-2)6-4-9)17-14(18)12-7-11(15)13(16)20-12/h3-8H,1-2H3,(H,17,18). The monoisotopic (exact) mass is 433 g/mol. The predicted octanol–water partition coefficient (Wildman–Crippen LogP) is 5.49. The van der Waals surface area contributed by atoms with Gasteiger partial charge in [-0.05, 0) is 68.8 Å². The summed E-state index contributed by atoms with van der Waals surface area (Å²) in [7, 11) is 0. The highest BCUT2D eigenvalue weighted by atomic mass is 79.9. The molecule has 2 aromatic rings. The number of halogens is 2. The molecule has 0 fully saturated rings. The van der Waals surface area contributed by atoms with Crippen LogP contribution in [0.5, 0.6) is 0 Å². The minimum atomic E-state index is -0.0529. The zero-order chi connectivity index (χ0) is 14.7. The lowest BCUT2D eigenvalue weighted by molar-refractivity contribution is 0.0944.